The van der Waals surface area contributed by atoms with Gasteiger partial charge in [-0.1, -0.05) is 0 Å². The molecule has 0 atom stereocenters. The Bertz CT molecular complexity index is 762. The molecule has 0 aliphatic heterocycles. The molecule has 3 rings (SSSR count). The number of fused-ring (bicyclic) bond motifs is 1. The molecule has 0 saturated carbocycles. The number of hydrogen-bond acceptors (Lipinski definition) is 4. The molecule has 3 aromatic rings. The maximum atomic E-state index is 11.0. The number of hydrogen-bond donors (Lipinski definition) is 2. The Morgan fingerprint density at radius 1 is 1.35 bits per heavy atom. The molecule has 0 radical (unpaired) electrons. The van der Waals surface area contributed by atoms with E-state index in [1.165, 1.54) is 19.2 Å². The van der Waals surface area contributed by atoms with Gasteiger partial charge in [-0.3, -0.25) is 0 Å². The summed E-state index contributed by atoms with van der Waals surface area (Å²) in [6, 6.07) is 8.34. The average Bonchev–Trinajstić information content (AvgIpc) is 2.90. The number of imidazole rings is 1. The Morgan fingerprint density at radius 3 is 2.90 bits per heavy atom. The highest BCUT2D eigenvalue weighted by molar-refractivity contribution is 5.89. The molecular weight excluding hydrogens is 258 g/mol. The number of aromatic nitrogens is 3. The van der Waals surface area contributed by atoms with Gasteiger partial charge >= 0.3 is 5.97 Å². The molecule has 20 heavy (non-hydrogen) atoms. The maximum Gasteiger partial charge on any atom is 0.335 e. The van der Waals surface area contributed by atoms with E-state index in [2.05, 4.69) is 15.0 Å². The third-order valence-corrected chi connectivity index (χ3v) is 2.96. The lowest BCUT2D eigenvalue weighted by atomic mass is 10.1. The van der Waals surface area contributed by atoms with Crippen LogP contribution in [0.3, 0.4) is 0 Å². The molecule has 0 saturated heterocycles. The van der Waals surface area contributed by atoms with Gasteiger partial charge in [-0.05, 0) is 30.3 Å². The highest BCUT2D eigenvalue weighted by Gasteiger charge is 2.13. The molecule has 6 nitrogen and oxygen atoms in total. The van der Waals surface area contributed by atoms with Gasteiger partial charge in [0.15, 0.2) is 5.65 Å². The van der Waals surface area contributed by atoms with Gasteiger partial charge in [0.25, 0.3) is 0 Å². The molecule has 0 bridgehead atoms. The summed E-state index contributed by atoms with van der Waals surface area (Å²) < 4.78 is 5.24. The van der Waals surface area contributed by atoms with Crippen LogP contribution in [0.2, 0.25) is 0 Å². The van der Waals surface area contributed by atoms with Crippen molar-refractivity contribution in [3.63, 3.8) is 0 Å². The van der Waals surface area contributed by atoms with Crippen LogP contribution in [0.25, 0.3) is 22.6 Å². The number of carboxylic acid groups (broad SMARTS) is 1. The van der Waals surface area contributed by atoms with Crippen molar-refractivity contribution in [3.8, 4) is 17.1 Å². The third-order valence-electron chi connectivity index (χ3n) is 2.96. The van der Waals surface area contributed by atoms with Crippen molar-refractivity contribution in [2.24, 2.45) is 0 Å². The zero-order valence-corrected chi connectivity index (χ0v) is 10.6. The van der Waals surface area contributed by atoms with E-state index in [0.29, 0.717) is 22.8 Å². The summed E-state index contributed by atoms with van der Waals surface area (Å²) in [7, 11) is 1.49. The second-order valence-corrected chi connectivity index (χ2v) is 4.18. The number of nitrogens with zero attached hydrogens (tertiary/aromatic N) is 2. The van der Waals surface area contributed by atoms with Crippen LogP contribution in [-0.4, -0.2) is 33.1 Å². The van der Waals surface area contributed by atoms with Crippen LogP contribution in [-0.2, 0) is 0 Å². The number of benzene rings is 1. The maximum absolute atomic E-state index is 11.0. The number of nitrogens with one attached hydrogen (secondary N) is 1. The lowest BCUT2D eigenvalue weighted by Crippen LogP contribution is -1.98. The van der Waals surface area contributed by atoms with Crippen LogP contribution in [0, 0.1) is 0 Å². The van der Waals surface area contributed by atoms with E-state index < -0.39 is 5.97 Å². The van der Waals surface area contributed by atoms with E-state index in [-0.39, 0.29) is 5.56 Å². The van der Waals surface area contributed by atoms with Gasteiger partial charge in [0.05, 0.1) is 23.8 Å². The smallest absolute Gasteiger partial charge is 0.335 e. The summed E-state index contributed by atoms with van der Waals surface area (Å²) in [5.74, 6) is 0.0394. The zero-order chi connectivity index (χ0) is 14.1. The summed E-state index contributed by atoms with van der Waals surface area (Å²) in [6.07, 6.45) is 1.66. The van der Waals surface area contributed by atoms with Gasteiger partial charge in [-0.25, -0.2) is 14.8 Å². The lowest BCUT2D eigenvalue weighted by Gasteiger charge is -2.06. The fourth-order valence-corrected chi connectivity index (χ4v) is 1.99. The molecule has 0 unspecified atom stereocenters. The summed E-state index contributed by atoms with van der Waals surface area (Å²) in [5, 5.41) is 8.99. The Morgan fingerprint density at radius 2 is 2.20 bits per heavy atom. The molecule has 0 aliphatic carbocycles. The average molecular weight is 269 g/mol. The molecule has 2 N–H and O–H groups in total. The highest BCUT2D eigenvalue weighted by atomic mass is 16.5. The van der Waals surface area contributed by atoms with E-state index in [1.807, 2.05) is 12.1 Å². The summed E-state index contributed by atoms with van der Waals surface area (Å²) in [5.41, 5.74) is 2.27. The monoisotopic (exact) mass is 269 g/mol. The van der Waals surface area contributed by atoms with Gasteiger partial charge in [-0.2, -0.15) is 0 Å². The number of ether oxygens (including phenoxy) is 1. The van der Waals surface area contributed by atoms with Crippen molar-refractivity contribution in [3.05, 3.63) is 42.1 Å². The molecule has 0 fully saturated rings. The van der Waals surface area contributed by atoms with Gasteiger partial charge < -0.3 is 14.8 Å². The van der Waals surface area contributed by atoms with Crippen molar-refractivity contribution < 1.29 is 14.6 Å². The van der Waals surface area contributed by atoms with E-state index in [0.717, 1.165) is 5.52 Å². The Hall–Kier alpha value is -2.89. The van der Waals surface area contributed by atoms with Crippen LogP contribution in [0.4, 0.5) is 0 Å². The van der Waals surface area contributed by atoms with Gasteiger partial charge in [0.1, 0.15) is 11.6 Å². The van der Waals surface area contributed by atoms with Crippen LogP contribution >= 0.6 is 0 Å². The largest absolute Gasteiger partial charge is 0.496 e. The van der Waals surface area contributed by atoms with Crippen LogP contribution < -0.4 is 4.74 Å². The Kier molecular flexibility index (Phi) is 2.83. The second kappa shape index (κ2) is 4.65. The van der Waals surface area contributed by atoms with Crippen LogP contribution in [0.15, 0.2) is 36.5 Å². The molecule has 2 heterocycles. The third kappa shape index (κ3) is 1.97. The lowest BCUT2D eigenvalue weighted by molar-refractivity contribution is 0.0696. The normalized spacial score (nSPS) is 10.7. The molecule has 6 heteroatoms. The van der Waals surface area contributed by atoms with Gasteiger partial charge in [-0.15, -0.1) is 0 Å². The molecule has 2 aromatic heterocycles. The number of H-pyrrole nitrogens is 1. The number of carbonyl (C=O) groups is 1. The number of aromatic carboxylic acids is 1. The van der Waals surface area contributed by atoms with Crippen molar-refractivity contribution in [2.45, 2.75) is 0 Å². The minimum absolute atomic E-state index is 0.167. The standard InChI is InChI=1S/C14H11N3O3/c1-20-11-7-8(14(18)19)4-5-9(11)12-16-10-3-2-6-15-13(10)17-12/h2-7H,1H3,(H,18,19)(H,15,16,17). The van der Waals surface area contributed by atoms with Crippen molar-refractivity contribution in [1.29, 1.82) is 0 Å². The second-order valence-electron chi connectivity index (χ2n) is 4.18. The Labute approximate surface area is 114 Å². The van der Waals surface area contributed by atoms with Gasteiger partial charge in [0.2, 0.25) is 0 Å². The number of pyridine rings is 1. The van der Waals surface area contributed by atoms with Crippen LogP contribution in [0.5, 0.6) is 5.75 Å². The topological polar surface area (TPSA) is 88.1 Å². The SMILES string of the molecule is COc1cc(C(=O)O)ccc1-c1nc2ncccc2[nH]1. The number of carboxylic acids is 1. The van der Waals surface area contributed by atoms with Gasteiger partial charge in [0, 0.05) is 6.20 Å². The molecule has 0 amide bonds. The predicted molar refractivity (Wildman–Crippen MR) is 72.8 cm³/mol. The van der Waals surface area contributed by atoms with E-state index in [1.54, 1.807) is 12.3 Å². The molecular formula is C14H11N3O3. The summed E-state index contributed by atoms with van der Waals surface area (Å²) in [6.45, 7) is 0. The van der Waals surface area contributed by atoms with Crippen molar-refractivity contribution in [1.82, 2.24) is 15.0 Å². The number of methoxy groups -OCH3 is 1. The van der Waals surface area contributed by atoms with Crippen LogP contribution in [0.1, 0.15) is 10.4 Å². The number of rotatable bonds is 3. The first-order valence-corrected chi connectivity index (χ1v) is 5.91. The molecule has 0 aliphatic rings. The minimum atomic E-state index is -0.999. The van der Waals surface area contributed by atoms with E-state index in [4.69, 9.17) is 9.84 Å². The van der Waals surface area contributed by atoms with E-state index >= 15 is 0 Å². The summed E-state index contributed by atoms with van der Waals surface area (Å²) in [4.78, 5) is 22.6. The predicted octanol–water partition coefficient (Wildman–Crippen LogP) is 2.33. The fraction of sp³-hybridized carbons (Fsp3) is 0.0714. The molecule has 0 spiro atoms. The quantitative estimate of drug-likeness (QED) is 0.761. The minimum Gasteiger partial charge on any atom is -0.496 e. The zero-order valence-electron chi connectivity index (χ0n) is 10.6. The van der Waals surface area contributed by atoms with E-state index in [9.17, 15) is 4.79 Å². The summed E-state index contributed by atoms with van der Waals surface area (Å²) >= 11 is 0. The highest BCUT2D eigenvalue weighted by Crippen LogP contribution is 2.30. The first-order chi connectivity index (χ1) is 9.69. The molecule has 100 valence electrons. The molecule has 1 aromatic carbocycles. The van der Waals surface area contributed by atoms with Crippen molar-refractivity contribution in [2.75, 3.05) is 7.11 Å². The Balaban J connectivity index is 2.15. The fourth-order valence-electron chi connectivity index (χ4n) is 1.99. The first kappa shape index (κ1) is 12.2. The van der Waals surface area contributed by atoms with Crippen molar-refractivity contribution >= 4 is 17.1 Å². The first-order valence-electron chi connectivity index (χ1n) is 5.91. The number of aromatic amines is 1.